The summed E-state index contributed by atoms with van der Waals surface area (Å²) < 4.78 is 26.5. The Morgan fingerprint density at radius 3 is 2.40 bits per heavy atom. The molecule has 2 N–H and O–H groups in total. The molecule has 0 bridgehead atoms. The van der Waals surface area contributed by atoms with Crippen molar-refractivity contribution < 1.29 is 13.2 Å². The van der Waals surface area contributed by atoms with Crippen molar-refractivity contribution in [1.82, 2.24) is 4.72 Å². The summed E-state index contributed by atoms with van der Waals surface area (Å²) in [6.45, 7) is 2.28. The van der Waals surface area contributed by atoms with Crippen molar-refractivity contribution in [2.24, 2.45) is 0 Å². The van der Waals surface area contributed by atoms with Gasteiger partial charge in [0.1, 0.15) is 0 Å². The van der Waals surface area contributed by atoms with Crippen LogP contribution in [0.15, 0.2) is 53.4 Å². The molecule has 5 nitrogen and oxygen atoms in total. The number of aryl methyl sites for hydroxylation is 1. The van der Waals surface area contributed by atoms with Crippen molar-refractivity contribution in [3.8, 4) is 0 Å². The van der Waals surface area contributed by atoms with E-state index in [4.69, 9.17) is 11.6 Å². The molecule has 0 unspecified atom stereocenters. The van der Waals surface area contributed by atoms with E-state index in [1.54, 1.807) is 18.2 Å². The third kappa shape index (κ3) is 5.85. The molecule has 7 heteroatoms. The first-order valence-electron chi connectivity index (χ1n) is 8.05. The van der Waals surface area contributed by atoms with Crippen molar-refractivity contribution in [3.63, 3.8) is 0 Å². The van der Waals surface area contributed by atoms with Crippen LogP contribution >= 0.6 is 11.6 Å². The van der Waals surface area contributed by atoms with Gasteiger partial charge in [0, 0.05) is 23.7 Å². The molecule has 0 saturated carbocycles. The number of rotatable bonds is 8. The molecule has 0 aliphatic rings. The summed E-state index contributed by atoms with van der Waals surface area (Å²) >= 11 is 6.07. The predicted molar refractivity (Wildman–Crippen MR) is 100 cm³/mol. The van der Waals surface area contributed by atoms with Crippen LogP contribution in [0, 0.1) is 0 Å². The van der Waals surface area contributed by atoms with Gasteiger partial charge in [-0.15, -0.1) is 0 Å². The lowest BCUT2D eigenvalue weighted by Gasteiger charge is -2.08. The third-order valence-corrected chi connectivity index (χ3v) is 5.42. The van der Waals surface area contributed by atoms with Gasteiger partial charge in [0.05, 0.1) is 4.90 Å². The first-order chi connectivity index (χ1) is 11.9. The third-order valence-electron chi connectivity index (χ3n) is 3.57. The van der Waals surface area contributed by atoms with Gasteiger partial charge in [0.25, 0.3) is 0 Å². The van der Waals surface area contributed by atoms with Gasteiger partial charge in [-0.2, -0.15) is 0 Å². The number of hydrogen-bond acceptors (Lipinski definition) is 3. The molecule has 25 heavy (non-hydrogen) atoms. The second kappa shape index (κ2) is 8.99. The van der Waals surface area contributed by atoms with E-state index in [-0.39, 0.29) is 10.8 Å². The highest BCUT2D eigenvalue weighted by molar-refractivity contribution is 7.89. The molecule has 0 atom stereocenters. The van der Waals surface area contributed by atoms with Crippen molar-refractivity contribution in [2.75, 3.05) is 11.9 Å². The van der Waals surface area contributed by atoms with Crippen molar-refractivity contribution in [1.29, 1.82) is 0 Å². The molecule has 0 radical (unpaired) electrons. The number of carbonyl (C=O) groups excluding carboxylic acids is 1. The fourth-order valence-corrected chi connectivity index (χ4v) is 3.57. The fraction of sp³-hybridized carbons (Fsp3) is 0.278. The number of halogens is 1. The summed E-state index contributed by atoms with van der Waals surface area (Å²) in [7, 11) is -3.50. The SMILES string of the molecule is CCCNS(=O)(=O)c1ccc(NC(=O)CCc2ccccc2Cl)cc1. The fourth-order valence-electron chi connectivity index (χ4n) is 2.21. The number of anilines is 1. The van der Waals surface area contributed by atoms with Gasteiger partial charge in [-0.3, -0.25) is 4.79 Å². The molecule has 0 aromatic heterocycles. The minimum absolute atomic E-state index is 0.153. The van der Waals surface area contributed by atoms with Crippen LogP contribution in [0.25, 0.3) is 0 Å². The Balaban J connectivity index is 1.92. The lowest BCUT2D eigenvalue weighted by molar-refractivity contribution is -0.116. The summed E-state index contributed by atoms with van der Waals surface area (Å²) in [6.07, 6.45) is 1.56. The van der Waals surface area contributed by atoms with Gasteiger partial charge in [0.2, 0.25) is 15.9 Å². The van der Waals surface area contributed by atoms with Gasteiger partial charge in [-0.1, -0.05) is 36.7 Å². The maximum absolute atomic E-state index is 12.0. The first kappa shape index (κ1) is 19.4. The van der Waals surface area contributed by atoms with E-state index in [2.05, 4.69) is 10.0 Å². The summed E-state index contributed by atoms with van der Waals surface area (Å²) in [5.41, 5.74) is 1.47. The van der Waals surface area contributed by atoms with E-state index in [0.29, 0.717) is 30.1 Å². The zero-order chi connectivity index (χ0) is 18.3. The van der Waals surface area contributed by atoms with E-state index in [9.17, 15) is 13.2 Å². The van der Waals surface area contributed by atoms with Gasteiger partial charge < -0.3 is 5.32 Å². The van der Waals surface area contributed by atoms with E-state index in [1.165, 1.54) is 12.1 Å². The standard InChI is InChI=1S/C18H21ClN2O3S/c1-2-13-20-25(23,24)16-10-8-15(9-11-16)21-18(22)12-7-14-5-3-4-6-17(14)19/h3-6,8-11,20H,2,7,12-13H2,1H3,(H,21,22). The highest BCUT2D eigenvalue weighted by Gasteiger charge is 2.13. The highest BCUT2D eigenvalue weighted by Crippen LogP contribution is 2.18. The van der Waals surface area contributed by atoms with Gasteiger partial charge in [-0.25, -0.2) is 13.1 Å². The molecule has 1 amide bonds. The highest BCUT2D eigenvalue weighted by atomic mass is 35.5. The van der Waals surface area contributed by atoms with Crippen LogP contribution in [-0.2, 0) is 21.2 Å². The van der Waals surface area contributed by atoms with Gasteiger partial charge in [0.15, 0.2) is 0 Å². The second-order valence-corrected chi connectivity index (χ2v) is 7.74. The normalized spacial score (nSPS) is 11.3. The molecule has 0 aliphatic heterocycles. The molecule has 2 aromatic rings. The van der Waals surface area contributed by atoms with Crippen LogP contribution in [0.2, 0.25) is 5.02 Å². The van der Waals surface area contributed by atoms with Crippen molar-refractivity contribution in [2.45, 2.75) is 31.1 Å². The van der Waals surface area contributed by atoms with Crippen LogP contribution in [0.5, 0.6) is 0 Å². The lowest BCUT2D eigenvalue weighted by atomic mass is 10.1. The first-order valence-corrected chi connectivity index (χ1v) is 9.91. The summed E-state index contributed by atoms with van der Waals surface area (Å²) in [6, 6.07) is 13.5. The van der Waals surface area contributed by atoms with Crippen LogP contribution in [-0.4, -0.2) is 20.9 Å². The maximum Gasteiger partial charge on any atom is 0.240 e. The average molecular weight is 381 g/mol. The van der Waals surface area contributed by atoms with Gasteiger partial charge in [-0.05, 0) is 48.7 Å². The Bertz CT molecular complexity index is 820. The lowest BCUT2D eigenvalue weighted by Crippen LogP contribution is -2.24. The van der Waals surface area contributed by atoms with E-state index < -0.39 is 10.0 Å². The van der Waals surface area contributed by atoms with Crippen molar-refractivity contribution in [3.05, 3.63) is 59.1 Å². The van der Waals surface area contributed by atoms with Gasteiger partial charge >= 0.3 is 0 Å². The van der Waals surface area contributed by atoms with Crippen molar-refractivity contribution >= 4 is 33.2 Å². The van der Waals surface area contributed by atoms with Crippen LogP contribution in [0.1, 0.15) is 25.3 Å². The van der Waals surface area contributed by atoms with E-state index in [0.717, 1.165) is 12.0 Å². The number of amides is 1. The number of sulfonamides is 1. The quantitative estimate of drug-likeness (QED) is 0.734. The Kier molecular flexibility index (Phi) is 6.99. The molecule has 0 aliphatic carbocycles. The molecule has 0 saturated heterocycles. The van der Waals surface area contributed by atoms with Crippen LogP contribution in [0.3, 0.4) is 0 Å². The number of benzene rings is 2. The minimum Gasteiger partial charge on any atom is -0.326 e. The van der Waals surface area contributed by atoms with Crippen LogP contribution in [0.4, 0.5) is 5.69 Å². The molecule has 2 rings (SSSR count). The predicted octanol–water partition coefficient (Wildman–Crippen LogP) is 3.60. The Labute approximate surface area is 153 Å². The largest absolute Gasteiger partial charge is 0.326 e. The molecule has 0 heterocycles. The monoisotopic (exact) mass is 380 g/mol. The molecular weight excluding hydrogens is 360 g/mol. The maximum atomic E-state index is 12.0. The number of carbonyl (C=O) groups is 1. The second-order valence-electron chi connectivity index (χ2n) is 5.56. The Hall–Kier alpha value is -1.89. The van der Waals surface area contributed by atoms with Crippen LogP contribution < -0.4 is 10.0 Å². The zero-order valence-corrected chi connectivity index (χ0v) is 15.5. The Morgan fingerprint density at radius 2 is 1.76 bits per heavy atom. The zero-order valence-electron chi connectivity index (χ0n) is 14.0. The average Bonchev–Trinajstić information content (AvgIpc) is 2.60. The Morgan fingerprint density at radius 1 is 1.08 bits per heavy atom. The smallest absolute Gasteiger partial charge is 0.240 e. The minimum atomic E-state index is -3.50. The topological polar surface area (TPSA) is 75.3 Å². The molecule has 2 aromatic carbocycles. The summed E-state index contributed by atoms with van der Waals surface area (Å²) in [5.74, 6) is -0.153. The van der Waals surface area contributed by atoms with E-state index in [1.807, 2.05) is 25.1 Å². The number of nitrogens with one attached hydrogen (secondary N) is 2. The summed E-state index contributed by atoms with van der Waals surface area (Å²) in [5, 5.41) is 3.40. The van der Waals surface area contributed by atoms with E-state index >= 15 is 0 Å². The molecule has 0 fully saturated rings. The molecule has 0 spiro atoms. The molecular formula is C18H21ClN2O3S. The number of hydrogen-bond donors (Lipinski definition) is 2. The molecule has 134 valence electrons. The summed E-state index contributed by atoms with van der Waals surface area (Å²) in [4.78, 5) is 12.2.